The van der Waals surface area contributed by atoms with Gasteiger partial charge in [0.15, 0.2) is 0 Å². The van der Waals surface area contributed by atoms with Gasteiger partial charge in [-0.25, -0.2) is 9.78 Å². The first-order chi connectivity index (χ1) is 6.68. The minimum Gasteiger partial charge on any atom is -0.428 e. The van der Waals surface area contributed by atoms with Gasteiger partial charge in [-0.2, -0.15) is 0 Å². The van der Waals surface area contributed by atoms with Crippen molar-refractivity contribution in [3.05, 3.63) is 24.4 Å². The number of rotatable bonds is 2. The van der Waals surface area contributed by atoms with Crippen LogP contribution in [0, 0.1) is 0 Å². The van der Waals surface area contributed by atoms with E-state index in [4.69, 9.17) is 9.47 Å². The molecule has 1 saturated carbocycles. The molecule has 2 rings (SSSR count). The Kier molecular flexibility index (Phi) is 2.11. The van der Waals surface area contributed by atoms with Crippen LogP contribution in [0.15, 0.2) is 24.4 Å². The Morgan fingerprint density at radius 3 is 2.86 bits per heavy atom. The molecule has 0 bridgehead atoms. The normalized spacial score (nSPS) is 17.2. The molecule has 0 aromatic carbocycles. The molecule has 1 fully saturated rings. The summed E-state index contributed by atoms with van der Waals surface area (Å²) in [5.74, 6) is 0.266. The van der Waals surface area contributed by atoms with Gasteiger partial charge in [-0.05, 0) is 25.8 Å². The van der Waals surface area contributed by atoms with Crippen LogP contribution >= 0.6 is 0 Å². The highest BCUT2D eigenvalue weighted by molar-refractivity contribution is 5.63. The maximum atomic E-state index is 11.2. The number of pyridine rings is 1. The van der Waals surface area contributed by atoms with Crippen LogP contribution in [0.3, 0.4) is 0 Å². The van der Waals surface area contributed by atoms with Crippen molar-refractivity contribution in [3.8, 4) is 5.88 Å². The molecule has 4 heteroatoms. The van der Waals surface area contributed by atoms with Crippen molar-refractivity contribution >= 4 is 6.16 Å². The van der Waals surface area contributed by atoms with Gasteiger partial charge in [-0.1, -0.05) is 6.07 Å². The summed E-state index contributed by atoms with van der Waals surface area (Å²) in [6, 6.07) is 5.10. The van der Waals surface area contributed by atoms with E-state index in [-0.39, 0.29) is 11.5 Å². The predicted molar refractivity (Wildman–Crippen MR) is 49.0 cm³/mol. The molecule has 0 atom stereocenters. The van der Waals surface area contributed by atoms with E-state index in [2.05, 4.69) is 4.98 Å². The molecule has 0 unspecified atom stereocenters. The van der Waals surface area contributed by atoms with Gasteiger partial charge >= 0.3 is 6.16 Å². The average Bonchev–Trinajstić information content (AvgIpc) is 2.84. The van der Waals surface area contributed by atoms with E-state index in [1.165, 1.54) is 0 Å². The van der Waals surface area contributed by atoms with Crippen molar-refractivity contribution in [3.63, 3.8) is 0 Å². The number of hydrogen-bond acceptors (Lipinski definition) is 4. The third-order valence-corrected chi connectivity index (χ3v) is 2.11. The summed E-state index contributed by atoms with van der Waals surface area (Å²) >= 11 is 0. The fourth-order valence-electron chi connectivity index (χ4n) is 0.993. The fraction of sp³-hybridized carbons (Fsp3) is 0.400. The zero-order valence-corrected chi connectivity index (χ0v) is 7.90. The number of ether oxygens (including phenoxy) is 2. The molecular weight excluding hydrogens is 182 g/mol. The third kappa shape index (κ3) is 2.22. The molecule has 0 radical (unpaired) electrons. The second kappa shape index (κ2) is 3.29. The molecule has 1 aromatic heterocycles. The van der Waals surface area contributed by atoms with Crippen molar-refractivity contribution < 1.29 is 14.3 Å². The van der Waals surface area contributed by atoms with E-state index in [0.717, 1.165) is 12.8 Å². The van der Waals surface area contributed by atoms with Crippen LogP contribution in [0.25, 0.3) is 0 Å². The lowest BCUT2D eigenvalue weighted by atomic mass is 10.4. The molecule has 74 valence electrons. The van der Waals surface area contributed by atoms with E-state index in [1.54, 1.807) is 24.4 Å². The summed E-state index contributed by atoms with van der Waals surface area (Å²) in [4.78, 5) is 15.0. The molecule has 1 heterocycles. The lowest BCUT2D eigenvalue weighted by molar-refractivity contribution is 0.0531. The van der Waals surface area contributed by atoms with Gasteiger partial charge in [0.05, 0.1) is 0 Å². The van der Waals surface area contributed by atoms with Crippen LogP contribution in [0.2, 0.25) is 0 Å². The lowest BCUT2D eigenvalue weighted by Crippen LogP contribution is -2.19. The molecule has 1 aliphatic carbocycles. The minimum absolute atomic E-state index is 0.266. The van der Waals surface area contributed by atoms with E-state index in [1.807, 2.05) is 6.92 Å². The molecule has 1 aliphatic rings. The largest absolute Gasteiger partial charge is 0.515 e. The van der Waals surface area contributed by atoms with Crippen LogP contribution in [-0.2, 0) is 4.74 Å². The third-order valence-electron chi connectivity index (χ3n) is 2.11. The van der Waals surface area contributed by atoms with Crippen LogP contribution in [0.1, 0.15) is 19.8 Å². The van der Waals surface area contributed by atoms with Gasteiger partial charge in [0.1, 0.15) is 5.60 Å². The van der Waals surface area contributed by atoms with Gasteiger partial charge in [0.2, 0.25) is 5.88 Å². The first kappa shape index (κ1) is 8.99. The number of carbonyl (C=O) groups is 1. The molecule has 0 amide bonds. The summed E-state index contributed by atoms with van der Waals surface area (Å²) in [6.07, 6.45) is 2.69. The van der Waals surface area contributed by atoms with Gasteiger partial charge in [-0.3, -0.25) is 0 Å². The van der Waals surface area contributed by atoms with E-state index in [9.17, 15) is 4.79 Å². The quantitative estimate of drug-likeness (QED) is 0.675. The topological polar surface area (TPSA) is 48.4 Å². The Labute approximate surface area is 81.9 Å². The molecule has 0 aliphatic heterocycles. The van der Waals surface area contributed by atoms with Crippen LogP contribution < -0.4 is 4.74 Å². The molecule has 0 spiro atoms. The Balaban J connectivity index is 1.89. The van der Waals surface area contributed by atoms with Crippen molar-refractivity contribution in [1.29, 1.82) is 0 Å². The van der Waals surface area contributed by atoms with Crippen LogP contribution in [0.4, 0.5) is 4.79 Å². The van der Waals surface area contributed by atoms with Gasteiger partial charge < -0.3 is 9.47 Å². The number of nitrogens with zero attached hydrogens (tertiary/aromatic N) is 1. The number of aromatic nitrogens is 1. The van der Waals surface area contributed by atoms with Gasteiger partial charge in [0, 0.05) is 12.3 Å². The van der Waals surface area contributed by atoms with E-state index < -0.39 is 6.16 Å². The SMILES string of the molecule is CC1(OC(=O)Oc2ccccn2)CC1. The number of hydrogen-bond donors (Lipinski definition) is 0. The average molecular weight is 193 g/mol. The standard InChI is InChI=1S/C10H11NO3/c1-10(5-6-10)14-9(12)13-8-4-2-3-7-11-8/h2-4,7H,5-6H2,1H3. The maximum absolute atomic E-state index is 11.2. The van der Waals surface area contributed by atoms with Crippen molar-refractivity contribution in [2.24, 2.45) is 0 Å². The first-order valence-electron chi connectivity index (χ1n) is 4.50. The molecular formula is C10H11NO3. The molecule has 14 heavy (non-hydrogen) atoms. The smallest absolute Gasteiger partial charge is 0.428 e. The Bertz CT molecular complexity index is 332. The molecule has 4 nitrogen and oxygen atoms in total. The molecule has 1 aromatic rings. The summed E-state index contributed by atoms with van der Waals surface area (Å²) in [5, 5.41) is 0. The number of carbonyl (C=O) groups excluding carboxylic acids is 1. The molecule has 0 N–H and O–H groups in total. The summed E-state index contributed by atoms with van der Waals surface area (Å²) in [6.45, 7) is 1.88. The Morgan fingerprint density at radius 1 is 1.50 bits per heavy atom. The first-order valence-corrected chi connectivity index (χ1v) is 4.50. The van der Waals surface area contributed by atoms with Crippen molar-refractivity contribution in [2.45, 2.75) is 25.4 Å². The Hall–Kier alpha value is -1.58. The minimum atomic E-state index is -0.677. The maximum Gasteiger partial charge on any atom is 0.515 e. The monoisotopic (exact) mass is 193 g/mol. The highest BCUT2D eigenvalue weighted by atomic mass is 16.7. The van der Waals surface area contributed by atoms with E-state index in [0.29, 0.717) is 0 Å². The predicted octanol–water partition coefficient (Wildman–Crippen LogP) is 2.15. The fourth-order valence-corrected chi connectivity index (χ4v) is 0.993. The summed E-state index contributed by atoms with van der Waals surface area (Å²) in [5.41, 5.74) is -0.300. The second-order valence-electron chi connectivity index (χ2n) is 3.57. The highest BCUT2D eigenvalue weighted by Crippen LogP contribution is 2.38. The lowest BCUT2D eigenvalue weighted by Gasteiger charge is -2.09. The van der Waals surface area contributed by atoms with Crippen molar-refractivity contribution in [2.75, 3.05) is 0 Å². The summed E-state index contributed by atoms with van der Waals surface area (Å²) < 4.78 is 9.91. The second-order valence-corrected chi connectivity index (χ2v) is 3.57. The zero-order valence-electron chi connectivity index (χ0n) is 7.90. The van der Waals surface area contributed by atoms with Crippen molar-refractivity contribution in [1.82, 2.24) is 4.98 Å². The summed E-state index contributed by atoms with van der Waals surface area (Å²) in [7, 11) is 0. The van der Waals surface area contributed by atoms with Gasteiger partial charge in [0.25, 0.3) is 0 Å². The van der Waals surface area contributed by atoms with Crippen LogP contribution in [0.5, 0.6) is 5.88 Å². The zero-order chi connectivity index (χ0) is 10.0. The Morgan fingerprint density at radius 2 is 2.29 bits per heavy atom. The highest BCUT2D eigenvalue weighted by Gasteiger charge is 2.42. The van der Waals surface area contributed by atoms with E-state index >= 15 is 0 Å². The van der Waals surface area contributed by atoms with Crippen LogP contribution in [-0.4, -0.2) is 16.7 Å². The molecule has 0 saturated heterocycles. The van der Waals surface area contributed by atoms with Gasteiger partial charge in [-0.15, -0.1) is 0 Å².